The van der Waals surface area contributed by atoms with Crippen LogP contribution in [-0.2, 0) is 19.6 Å². The van der Waals surface area contributed by atoms with Crippen molar-refractivity contribution in [2.75, 3.05) is 13.1 Å². The van der Waals surface area contributed by atoms with Crippen LogP contribution < -0.4 is 4.72 Å². The van der Waals surface area contributed by atoms with Gasteiger partial charge in [0, 0.05) is 36.4 Å². The van der Waals surface area contributed by atoms with E-state index < -0.39 is 16.0 Å². The molecule has 9 heteroatoms. The fourth-order valence-electron chi connectivity index (χ4n) is 2.86. The summed E-state index contributed by atoms with van der Waals surface area (Å²) < 4.78 is 28.3. The summed E-state index contributed by atoms with van der Waals surface area (Å²) in [7, 11) is -3.57. The summed E-state index contributed by atoms with van der Waals surface area (Å²) >= 11 is 3.28. The minimum atomic E-state index is -3.57. The molecule has 1 aromatic rings. The number of carboxylic acid groups (broad SMARTS) is 1. The van der Waals surface area contributed by atoms with Gasteiger partial charge in [-0.3, -0.25) is 9.59 Å². The van der Waals surface area contributed by atoms with Gasteiger partial charge < -0.3 is 10.0 Å². The standard InChI is InChI=1S/C17H23BrN2O5S/c18-13-5-7-15(8-6-13)26(24,25)19-14-9-11-20(12-10-14)16(21)3-1-2-4-17(22)23/h5-8,14,19H,1-4,9-12H2,(H,22,23). The zero-order valence-corrected chi connectivity index (χ0v) is 16.8. The number of sulfonamides is 1. The fraction of sp³-hybridized carbons (Fsp3) is 0.529. The predicted octanol–water partition coefficient (Wildman–Crippen LogP) is 2.36. The number of unbranched alkanes of at least 4 members (excludes halogenated alkanes) is 1. The second kappa shape index (κ2) is 9.48. The van der Waals surface area contributed by atoms with E-state index in [4.69, 9.17) is 5.11 Å². The minimum absolute atomic E-state index is 0.00426. The molecule has 1 aromatic carbocycles. The SMILES string of the molecule is O=C(O)CCCCC(=O)N1CCC(NS(=O)(=O)c2ccc(Br)cc2)CC1. The maximum atomic E-state index is 12.4. The molecule has 0 bridgehead atoms. The van der Waals surface area contributed by atoms with Gasteiger partial charge in [-0.2, -0.15) is 0 Å². The zero-order valence-electron chi connectivity index (χ0n) is 14.4. The monoisotopic (exact) mass is 446 g/mol. The van der Waals surface area contributed by atoms with E-state index in [9.17, 15) is 18.0 Å². The Morgan fingerprint density at radius 1 is 1.12 bits per heavy atom. The van der Waals surface area contributed by atoms with Crippen molar-refractivity contribution in [2.45, 2.75) is 49.5 Å². The molecular formula is C17H23BrN2O5S. The topological polar surface area (TPSA) is 104 Å². The summed E-state index contributed by atoms with van der Waals surface area (Å²) in [6.07, 6.45) is 2.59. The highest BCUT2D eigenvalue weighted by molar-refractivity contribution is 9.10. The smallest absolute Gasteiger partial charge is 0.303 e. The molecule has 1 saturated heterocycles. The van der Waals surface area contributed by atoms with Crippen LogP contribution in [0.1, 0.15) is 38.5 Å². The van der Waals surface area contributed by atoms with E-state index in [0.29, 0.717) is 45.2 Å². The van der Waals surface area contributed by atoms with Crippen LogP contribution in [0.2, 0.25) is 0 Å². The van der Waals surface area contributed by atoms with Crippen LogP contribution in [0, 0.1) is 0 Å². The molecule has 144 valence electrons. The van der Waals surface area contributed by atoms with Crippen LogP contribution in [0.4, 0.5) is 0 Å². The molecule has 7 nitrogen and oxygen atoms in total. The van der Waals surface area contributed by atoms with Crippen LogP contribution in [0.15, 0.2) is 33.6 Å². The number of hydrogen-bond acceptors (Lipinski definition) is 4. The highest BCUT2D eigenvalue weighted by atomic mass is 79.9. The van der Waals surface area contributed by atoms with Gasteiger partial charge in [0.05, 0.1) is 4.90 Å². The normalized spacial score (nSPS) is 15.8. The number of hydrogen-bond donors (Lipinski definition) is 2. The lowest BCUT2D eigenvalue weighted by Crippen LogP contribution is -2.46. The van der Waals surface area contributed by atoms with Crippen molar-refractivity contribution in [1.29, 1.82) is 0 Å². The number of piperidine rings is 1. The molecule has 0 unspecified atom stereocenters. The van der Waals surface area contributed by atoms with E-state index in [0.717, 1.165) is 4.47 Å². The number of nitrogens with one attached hydrogen (secondary N) is 1. The number of rotatable bonds is 8. The Labute approximate surface area is 161 Å². The average Bonchev–Trinajstić information content (AvgIpc) is 2.59. The van der Waals surface area contributed by atoms with Gasteiger partial charge in [-0.15, -0.1) is 0 Å². The van der Waals surface area contributed by atoms with E-state index in [2.05, 4.69) is 20.7 Å². The molecule has 1 fully saturated rings. The number of carboxylic acids is 1. The van der Waals surface area contributed by atoms with Crippen molar-refractivity contribution >= 4 is 37.8 Å². The summed E-state index contributed by atoms with van der Waals surface area (Å²) in [6, 6.07) is 6.25. The van der Waals surface area contributed by atoms with Gasteiger partial charge in [0.2, 0.25) is 15.9 Å². The summed E-state index contributed by atoms with van der Waals surface area (Å²) in [6.45, 7) is 1.01. The van der Waals surface area contributed by atoms with Gasteiger partial charge in [-0.05, 0) is 49.9 Å². The maximum absolute atomic E-state index is 12.4. The van der Waals surface area contributed by atoms with Crippen molar-refractivity contribution in [2.24, 2.45) is 0 Å². The van der Waals surface area contributed by atoms with Gasteiger partial charge >= 0.3 is 5.97 Å². The minimum Gasteiger partial charge on any atom is -0.481 e. The Morgan fingerprint density at radius 2 is 1.69 bits per heavy atom. The van der Waals surface area contributed by atoms with E-state index in [1.54, 1.807) is 29.2 Å². The van der Waals surface area contributed by atoms with E-state index in [-0.39, 0.29) is 23.3 Å². The number of carbonyl (C=O) groups excluding carboxylic acids is 1. The molecule has 26 heavy (non-hydrogen) atoms. The summed E-state index contributed by atoms with van der Waals surface area (Å²) in [4.78, 5) is 24.5. The summed E-state index contributed by atoms with van der Waals surface area (Å²) in [5, 5.41) is 8.59. The van der Waals surface area contributed by atoms with Crippen LogP contribution in [0.3, 0.4) is 0 Å². The Bertz CT molecular complexity index is 728. The predicted molar refractivity (Wildman–Crippen MR) is 100 cm³/mol. The molecule has 2 rings (SSSR count). The first-order valence-corrected chi connectivity index (χ1v) is 10.8. The first-order valence-electron chi connectivity index (χ1n) is 8.55. The molecule has 1 heterocycles. The third-order valence-corrected chi connectivity index (χ3v) is 6.39. The Morgan fingerprint density at radius 3 is 2.27 bits per heavy atom. The third-order valence-electron chi connectivity index (χ3n) is 4.32. The van der Waals surface area contributed by atoms with Crippen LogP contribution >= 0.6 is 15.9 Å². The summed E-state index contributed by atoms with van der Waals surface area (Å²) in [5.74, 6) is -0.846. The lowest BCUT2D eigenvalue weighted by molar-refractivity contribution is -0.137. The van der Waals surface area contributed by atoms with Crippen LogP contribution in [-0.4, -0.2) is 49.4 Å². The lowest BCUT2D eigenvalue weighted by atomic mass is 10.1. The number of likely N-dealkylation sites (tertiary alicyclic amines) is 1. The quantitative estimate of drug-likeness (QED) is 0.596. The maximum Gasteiger partial charge on any atom is 0.303 e. The van der Waals surface area contributed by atoms with E-state index in [1.807, 2.05) is 0 Å². The molecule has 0 saturated carbocycles. The van der Waals surface area contributed by atoms with Crippen molar-refractivity contribution < 1.29 is 23.1 Å². The number of benzene rings is 1. The third kappa shape index (κ3) is 6.37. The van der Waals surface area contributed by atoms with Crippen LogP contribution in [0.5, 0.6) is 0 Å². The molecular weight excluding hydrogens is 424 g/mol. The summed E-state index contributed by atoms with van der Waals surface area (Å²) in [5.41, 5.74) is 0. The molecule has 2 N–H and O–H groups in total. The zero-order chi connectivity index (χ0) is 19.2. The second-order valence-electron chi connectivity index (χ2n) is 6.33. The number of amides is 1. The van der Waals surface area contributed by atoms with Gasteiger partial charge in [-0.1, -0.05) is 15.9 Å². The van der Waals surface area contributed by atoms with Gasteiger partial charge in [0.1, 0.15) is 0 Å². The second-order valence-corrected chi connectivity index (χ2v) is 8.96. The molecule has 0 aromatic heterocycles. The van der Waals surface area contributed by atoms with Gasteiger partial charge in [0.15, 0.2) is 0 Å². The molecule has 0 radical (unpaired) electrons. The molecule has 0 aliphatic carbocycles. The Hall–Kier alpha value is -1.45. The molecule has 0 spiro atoms. The Kier molecular flexibility index (Phi) is 7.60. The van der Waals surface area contributed by atoms with Crippen molar-refractivity contribution in [3.05, 3.63) is 28.7 Å². The van der Waals surface area contributed by atoms with Gasteiger partial charge in [0.25, 0.3) is 0 Å². The van der Waals surface area contributed by atoms with E-state index in [1.165, 1.54) is 0 Å². The first-order chi connectivity index (χ1) is 12.3. The number of nitrogens with zero attached hydrogens (tertiary/aromatic N) is 1. The highest BCUT2D eigenvalue weighted by Gasteiger charge is 2.26. The van der Waals surface area contributed by atoms with Crippen molar-refractivity contribution in [1.82, 2.24) is 9.62 Å². The fourth-order valence-corrected chi connectivity index (χ4v) is 4.43. The van der Waals surface area contributed by atoms with Crippen molar-refractivity contribution in [3.63, 3.8) is 0 Å². The molecule has 1 amide bonds. The first kappa shape index (κ1) is 20.9. The molecule has 0 atom stereocenters. The number of halogens is 1. The van der Waals surface area contributed by atoms with Gasteiger partial charge in [-0.25, -0.2) is 13.1 Å². The number of aliphatic carboxylic acids is 1. The van der Waals surface area contributed by atoms with E-state index >= 15 is 0 Å². The number of carbonyl (C=O) groups is 2. The largest absolute Gasteiger partial charge is 0.481 e. The average molecular weight is 447 g/mol. The molecule has 1 aliphatic rings. The van der Waals surface area contributed by atoms with Crippen LogP contribution in [0.25, 0.3) is 0 Å². The molecule has 1 aliphatic heterocycles. The Balaban J connectivity index is 1.78. The lowest BCUT2D eigenvalue weighted by Gasteiger charge is -2.32. The van der Waals surface area contributed by atoms with Crippen molar-refractivity contribution in [3.8, 4) is 0 Å². The highest BCUT2D eigenvalue weighted by Crippen LogP contribution is 2.18.